The van der Waals surface area contributed by atoms with E-state index in [2.05, 4.69) is 6.08 Å². The third kappa shape index (κ3) is 2.50. The molecule has 0 saturated heterocycles. The average Bonchev–Trinajstić information content (AvgIpc) is 3.14. The predicted octanol–water partition coefficient (Wildman–Crippen LogP) is 4.40. The molecular weight excluding hydrogens is 356 g/mol. The molecule has 0 amide bonds. The highest BCUT2D eigenvalue weighted by Gasteiger charge is 2.33. The van der Waals surface area contributed by atoms with Crippen LogP contribution in [0.3, 0.4) is 0 Å². The molecule has 142 valence electrons. The van der Waals surface area contributed by atoms with Crippen molar-refractivity contribution in [3.05, 3.63) is 64.4 Å². The zero-order valence-electron chi connectivity index (χ0n) is 16.0. The van der Waals surface area contributed by atoms with Gasteiger partial charge in [-0.15, -0.1) is 0 Å². The quantitative estimate of drug-likeness (QED) is 0.778. The predicted molar refractivity (Wildman–Crippen MR) is 105 cm³/mol. The molecule has 5 nitrogen and oxygen atoms in total. The number of rotatable bonds is 2. The van der Waals surface area contributed by atoms with Crippen LogP contribution >= 0.6 is 0 Å². The van der Waals surface area contributed by atoms with Crippen molar-refractivity contribution in [3.8, 4) is 17.2 Å². The van der Waals surface area contributed by atoms with Crippen molar-refractivity contribution in [2.45, 2.75) is 25.9 Å². The van der Waals surface area contributed by atoms with Crippen LogP contribution in [0.25, 0.3) is 11.6 Å². The van der Waals surface area contributed by atoms with Gasteiger partial charge < -0.3 is 18.9 Å². The van der Waals surface area contributed by atoms with Crippen molar-refractivity contribution in [3.63, 3.8) is 0 Å². The molecule has 0 N–H and O–H groups in total. The number of carbonyl (C=O) groups is 1. The summed E-state index contributed by atoms with van der Waals surface area (Å²) in [5.41, 5.74) is 3.94. The summed E-state index contributed by atoms with van der Waals surface area (Å²) in [5, 5.41) is 0. The Kier molecular flexibility index (Phi) is 3.56. The topological polar surface area (TPSA) is 54.0 Å². The normalized spacial score (nSPS) is 18.5. The fraction of sp³-hybridized carbons (Fsp3) is 0.261. The summed E-state index contributed by atoms with van der Waals surface area (Å²) in [6.45, 7) is 4.23. The third-order valence-electron chi connectivity index (χ3n) is 5.35. The molecule has 2 heterocycles. The molecule has 5 heteroatoms. The molecule has 0 fully saturated rings. The molecule has 2 aromatic carbocycles. The number of methoxy groups -OCH3 is 1. The Balaban J connectivity index is 1.64. The van der Waals surface area contributed by atoms with Gasteiger partial charge in [0.2, 0.25) is 12.6 Å². The molecule has 0 aromatic heterocycles. The van der Waals surface area contributed by atoms with E-state index < -0.39 is 0 Å². The molecule has 28 heavy (non-hydrogen) atoms. The van der Waals surface area contributed by atoms with Crippen LogP contribution in [0.5, 0.6) is 17.2 Å². The van der Waals surface area contributed by atoms with Crippen molar-refractivity contribution in [2.75, 3.05) is 13.9 Å². The number of allylic oxidation sites excluding steroid dienone is 2. The summed E-state index contributed by atoms with van der Waals surface area (Å²) in [7, 11) is 1.54. The highest BCUT2D eigenvalue weighted by molar-refractivity contribution is 6.15. The number of hydrogen-bond acceptors (Lipinski definition) is 5. The molecule has 5 rings (SSSR count). The van der Waals surface area contributed by atoms with E-state index in [1.54, 1.807) is 0 Å². The number of ketones is 1. The Labute approximate surface area is 163 Å². The number of fused-ring (bicyclic) bond motifs is 4. The lowest BCUT2D eigenvalue weighted by Crippen LogP contribution is -2.28. The first-order valence-electron chi connectivity index (χ1n) is 9.23. The van der Waals surface area contributed by atoms with Crippen LogP contribution in [0.2, 0.25) is 0 Å². The molecule has 0 atom stereocenters. The first-order chi connectivity index (χ1) is 13.5. The van der Waals surface area contributed by atoms with Gasteiger partial charge in [0.25, 0.3) is 0 Å². The molecule has 0 spiro atoms. The number of hydrogen-bond donors (Lipinski definition) is 0. The molecule has 1 aliphatic carbocycles. The number of benzene rings is 2. The van der Waals surface area contributed by atoms with Crippen molar-refractivity contribution in [2.24, 2.45) is 0 Å². The summed E-state index contributed by atoms with van der Waals surface area (Å²) in [6.07, 6.45) is 4.65. The number of Topliss-reactive ketones (excluding diaryl/α,β-unsaturated/α-hetero) is 1. The average molecular weight is 376 g/mol. The second-order valence-corrected chi connectivity index (χ2v) is 7.63. The van der Waals surface area contributed by atoms with E-state index in [1.165, 1.54) is 7.11 Å². The van der Waals surface area contributed by atoms with E-state index in [0.717, 1.165) is 28.0 Å². The van der Waals surface area contributed by atoms with Gasteiger partial charge in [-0.1, -0.05) is 12.1 Å². The van der Waals surface area contributed by atoms with E-state index in [-0.39, 0.29) is 18.2 Å². The molecule has 2 aromatic rings. The van der Waals surface area contributed by atoms with Gasteiger partial charge in [-0.25, -0.2) is 0 Å². The maximum atomic E-state index is 13.2. The highest BCUT2D eigenvalue weighted by atomic mass is 16.7. The Morgan fingerprint density at radius 3 is 2.64 bits per heavy atom. The fourth-order valence-electron chi connectivity index (χ4n) is 3.97. The molecule has 0 unspecified atom stereocenters. The van der Waals surface area contributed by atoms with Crippen LogP contribution in [0.4, 0.5) is 0 Å². The summed E-state index contributed by atoms with van der Waals surface area (Å²) >= 11 is 0. The van der Waals surface area contributed by atoms with E-state index in [4.69, 9.17) is 18.9 Å². The van der Waals surface area contributed by atoms with E-state index in [0.29, 0.717) is 29.2 Å². The largest absolute Gasteiger partial charge is 0.492 e. The van der Waals surface area contributed by atoms with Gasteiger partial charge in [-0.3, -0.25) is 4.79 Å². The maximum Gasteiger partial charge on any atom is 0.231 e. The minimum atomic E-state index is -0.367. The summed E-state index contributed by atoms with van der Waals surface area (Å²) in [4.78, 5) is 13.2. The van der Waals surface area contributed by atoms with Crippen molar-refractivity contribution in [1.82, 2.24) is 0 Å². The lowest BCUT2D eigenvalue weighted by atomic mass is 9.82. The van der Waals surface area contributed by atoms with E-state index in [1.807, 2.05) is 50.3 Å². The molecular formula is C23H20O5. The summed E-state index contributed by atoms with van der Waals surface area (Å²) in [6, 6.07) is 9.41. The van der Waals surface area contributed by atoms with Gasteiger partial charge in [0.05, 0.1) is 7.11 Å². The molecule has 2 aliphatic heterocycles. The first kappa shape index (κ1) is 16.9. The second kappa shape index (κ2) is 5.89. The zero-order valence-corrected chi connectivity index (χ0v) is 16.0. The van der Waals surface area contributed by atoms with Gasteiger partial charge in [-0.05, 0) is 55.3 Å². The minimum Gasteiger partial charge on any atom is -0.492 e. The molecule has 0 bridgehead atoms. The monoisotopic (exact) mass is 376 g/mol. The second-order valence-electron chi connectivity index (χ2n) is 7.63. The molecule has 3 aliphatic rings. The van der Waals surface area contributed by atoms with Crippen molar-refractivity contribution >= 4 is 17.4 Å². The lowest BCUT2D eigenvalue weighted by molar-refractivity contribution is 0.0951. The summed E-state index contributed by atoms with van der Waals surface area (Å²) < 4.78 is 22.5. The van der Waals surface area contributed by atoms with Gasteiger partial charge in [0.15, 0.2) is 17.3 Å². The Hall–Kier alpha value is -3.21. The van der Waals surface area contributed by atoms with Crippen LogP contribution in [0.1, 0.15) is 40.9 Å². The Morgan fingerprint density at radius 2 is 1.82 bits per heavy atom. The van der Waals surface area contributed by atoms with Gasteiger partial charge in [0, 0.05) is 23.1 Å². The van der Waals surface area contributed by atoms with Crippen LogP contribution in [0, 0.1) is 0 Å². The standard InChI is InChI=1S/C23H20O5/c1-23(2)9-8-14-17-11-16(13-4-6-19-20(10-13)27-12-26-19)22(25-3)21(24)15(17)5-7-18(14)28-23/h4-10H,11-12H2,1-3H3. The third-order valence-corrected chi connectivity index (χ3v) is 5.35. The Morgan fingerprint density at radius 1 is 1.04 bits per heavy atom. The van der Waals surface area contributed by atoms with Gasteiger partial charge in [0.1, 0.15) is 11.4 Å². The zero-order chi connectivity index (χ0) is 19.5. The van der Waals surface area contributed by atoms with Gasteiger partial charge in [-0.2, -0.15) is 0 Å². The van der Waals surface area contributed by atoms with Crippen molar-refractivity contribution < 1.29 is 23.7 Å². The molecule has 0 radical (unpaired) electrons. The molecule has 0 saturated carbocycles. The lowest BCUT2D eigenvalue weighted by Gasteiger charge is -2.31. The van der Waals surface area contributed by atoms with E-state index in [9.17, 15) is 4.79 Å². The first-order valence-corrected chi connectivity index (χ1v) is 9.23. The smallest absolute Gasteiger partial charge is 0.231 e. The van der Waals surface area contributed by atoms with Crippen LogP contribution in [-0.4, -0.2) is 25.3 Å². The number of carbonyl (C=O) groups excluding carboxylic acids is 1. The highest BCUT2D eigenvalue weighted by Crippen LogP contribution is 2.42. The SMILES string of the molecule is COC1=C(c2ccc3c(c2)OCO3)Cc2c(ccc3c2C=CC(C)(C)O3)C1=O. The van der Waals surface area contributed by atoms with E-state index >= 15 is 0 Å². The summed E-state index contributed by atoms with van der Waals surface area (Å²) in [5.74, 6) is 2.44. The maximum absolute atomic E-state index is 13.2. The van der Waals surface area contributed by atoms with Crippen molar-refractivity contribution in [1.29, 1.82) is 0 Å². The number of ether oxygens (including phenoxy) is 4. The fourth-order valence-corrected chi connectivity index (χ4v) is 3.97. The minimum absolute atomic E-state index is 0.113. The van der Waals surface area contributed by atoms with Crippen LogP contribution < -0.4 is 14.2 Å². The Bertz CT molecular complexity index is 1070. The van der Waals surface area contributed by atoms with Gasteiger partial charge >= 0.3 is 0 Å². The van der Waals surface area contributed by atoms with Crippen LogP contribution in [-0.2, 0) is 11.2 Å². The van der Waals surface area contributed by atoms with Crippen LogP contribution in [0.15, 0.2) is 42.2 Å².